The van der Waals surface area contributed by atoms with Gasteiger partial charge in [-0.15, -0.1) is 5.10 Å². The van der Waals surface area contributed by atoms with Gasteiger partial charge in [0, 0.05) is 25.0 Å². The van der Waals surface area contributed by atoms with Crippen molar-refractivity contribution in [1.29, 1.82) is 0 Å². The lowest BCUT2D eigenvalue weighted by Gasteiger charge is -2.07. The Hall–Kier alpha value is -2.40. The maximum Gasteiger partial charge on any atom is 0.153 e. The van der Waals surface area contributed by atoms with Crippen LogP contribution in [0.2, 0.25) is 5.15 Å². The third-order valence-electron chi connectivity index (χ3n) is 3.05. The van der Waals surface area contributed by atoms with Crippen LogP contribution in [0.1, 0.15) is 11.1 Å². The zero-order valence-corrected chi connectivity index (χ0v) is 12.0. The molecule has 3 aromatic rings. The fourth-order valence-electron chi connectivity index (χ4n) is 1.99. The SMILES string of the molecule is Clc1cc(NCc2ccc(Cn3cccn3)cc2)cnn1. The summed E-state index contributed by atoms with van der Waals surface area (Å²) in [6.07, 6.45) is 5.39. The first-order valence-electron chi connectivity index (χ1n) is 6.57. The topological polar surface area (TPSA) is 55.6 Å². The first-order valence-corrected chi connectivity index (χ1v) is 6.95. The lowest BCUT2D eigenvalue weighted by molar-refractivity contribution is 0.686. The number of hydrogen-bond donors (Lipinski definition) is 1. The van der Waals surface area contributed by atoms with Gasteiger partial charge in [-0.3, -0.25) is 4.68 Å². The lowest BCUT2D eigenvalue weighted by atomic mass is 10.1. The molecule has 2 heterocycles. The van der Waals surface area contributed by atoms with E-state index >= 15 is 0 Å². The number of hydrogen-bond acceptors (Lipinski definition) is 4. The largest absolute Gasteiger partial charge is 0.380 e. The summed E-state index contributed by atoms with van der Waals surface area (Å²) >= 11 is 5.79. The molecule has 0 aliphatic heterocycles. The quantitative estimate of drug-likeness (QED) is 0.787. The van der Waals surface area contributed by atoms with E-state index in [2.05, 4.69) is 44.9 Å². The van der Waals surface area contributed by atoms with Gasteiger partial charge in [0.1, 0.15) is 0 Å². The van der Waals surface area contributed by atoms with Crippen LogP contribution in [0.4, 0.5) is 5.69 Å². The Labute approximate surface area is 127 Å². The first kappa shape index (κ1) is 13.6. The smallest absolute Gasteiger partial charge is 0.153 e. The van der Waals surface area contributed by atoms with Crippen LogP contribution in [0.25, 0.3) is 0 Å². The van der Waals surface area contributed by atoms with Crippen molar-refractivity contribution in [3.8, 4) is 0 Å². The van der Waals surface area contributed by atoms with Gasteiger partial charge in [0.15, 0.2) is 5.15 Å². The molecule has 1 N–H and O–H groups in total. The van der Waals surface area contributed by atoms with Crippen molar-refractivity contribution in [3.63, 3.8) is 0 Å². The summed E-state index contributed by atoms with van der Waals surface area (Å²) in [7, 11) is 0. The fourth-order valence-corrected chi connectivity index (χ4v) is 2.15. The molecule has 0 fully saturated rings. The molecule has 1 aromatic carbocycles. The van der Waals surface area contributed by atoms with E-state index in [1.54, 1.807) is 18.5 Å². The molecule has 0 spiro atoms. The van der Waals surface area contributed by atoms with Gasteiger partial charge in [0.25, 0.3) is 0 Å². The van der Waals surface area contributed by atoms with Crippen molar-refractivity contribution < 1.29 is 0 Å². The molecule has 6 heteroatoms. The van der Waals surface area contributed by atoms with Crippen LogP contribution in [0, 0.1) is 0 Å². The molecular weight excluding hydrogens is 286 g/mol. The van der Waals surface area contributed by atoms with Gasteiger partial charge in [0.05, 0.1) is 18.4 Å². The van der Waals surface area contributed by atoms with E-state index in [4.69, 9.17) is 11.6 Å². The fraction of sp³-hybridized carbons (Fsp3) is 0.133. The van der Waals surface area contributed by atoms with E-state index in [-0.39, 0.29) is 0 Å². The normalized spacial score (nSPS) is 10.5. The van der Waals surface area contributed by atoms with Crippen molar-refractivity contribution in [3.05, 3.63) is 71.3 Å². The molecule has 0 amide bonds. The standard InChI is InChI=1S/C15H14ClN5/c16-15-8-14(10-18-20-15)17-9-12-2-4-13(5-3-12)11-21-7-1-6-19-21/h1-8,10H,9,11H2,(H,17,20). The average Bonchev–Trinajstić information content (AvgIpc) is 3.00. The number of nitrogens with one attached hydrogen (secondary N) is 1. The monoisotopic (exact) mass is 299 g/mol. The molecule has 0 aliphatic rings. The Morgan fingerprint density at radius 1 is 1.14 bits per heavy atom. The summed E-state index contributed by atoms with van der Waals surface area (Å²) in [5.74, 6) is 0. The van der Waals surface area contributed by atoms with Crippen molar-refractivity contribution >= 4 is 17.3 Å². The molecule has 106 valence electrons. The Balaban J connectivity index is 1.59. The van der Waals surface area contributed by atoms with Crippen LogP contribution in [-0.4, -0.2) is 20.0 Å². The Morgan fingerprint density at radius 2 is 1.95 bits per heavy atom. The molecule has 0 unspecified atom stereocenters. The molecule has 0 radical (unpaired) electrons. The minimum absolute atomic E-state index is 0.384. The number of aromatic nitrogens is 4. The second-order valence-electron chi connectivity index (χ2n) is 4.64. The third kappa shape index (κ3) is 3.79. The van der Waals surface area contributed by atoms with E-state index in [1.165, 1.54) is 11.1 Å². The van der Waals surface area contributed by atoms with Crippen LogP contribution in [0.3, 0.4) is 0 Å². The van der Waals surface area contributed by atoms with Crippen LogP contribution >= 0.6 is 11.6 Å². The number of nitrogens with zero attached hydrogens (tertiary/aromatic N) is 4. The summed E-state index contributed by atoms with van der Waals surface area (Å²) in [4.78, 5) is 0. The minimum Gasteiger partial charge on any atom is -0.380 e. The Bertz CT molecular complexity index is 694. The molecule has 21 heavy (non-hydrogen) atoms. The van der Waals surface area contributed by atoms with Gasteiger partial charge in [0.2, 0.25) is 0 Å². The second-order valence-corrected chi connectivity index (χ2v) is 5.03. The van der Waals surface area contributed by atoms with Gasteiger partial charge >= 0.3 is 0 Å². The second kappa shape index (κ2) is 6.37. The number of rotatable bonds is 5. The van der Waals surface area contributed by atoms with Gasteiger partial charge in [-0.1, -0.05) is 35.9 Å². The number of anilines is 1. The highest BCUT2D eigenvalue weighted by molar-refractivity contribution is 6.29. The van der Waals surface area contributed by atoms with Crippen molar-refractivity contribution in [1.82, 2.24) is 20.0 Å². The van der Waals surface area contributed by atoms with Crippen molar-refractivity contribution in [2.24, 2.45) is 0 Å². The lowest BCUT2D eigenvalue weighted by Crippen LogP contribution is -2.02. The molecule has 5 nitrogen and oxygen atoms in total. The predicted octanol–water partition coefficient (Wildman–Crippen LogP) is 2.99. The summed E-state index contributed by atoms with van der Waals surface area (Å²) in [6, 6.07) is 12.1. The predicted molar refractivity (Wildman–Crippen MR) is 82.1 cm³/mol. The molecule has 0 bridgehead atoms. The average molecular weight is 300 g/mol. The van der Waals surface area contributed by atoms with E-state index in [0.717, 1.165) is 12.2 Å². The third-order valence-corrected chi connectivity index (χ3v) is 3.23. The minimum atomic E-state index is 0.384. The molecule has 3 rings (SSSR count). The Morgan fingerprint density at radius 3 is 2.67 bits per heavy atom. The summed E-state index contributed by atoms with van der Waals surface area (Å²) < 4.78 is 1.90. The van der Waals surface area contributed by atoms with E-state index in [9.17, 15) is 0 Å². The van der Waals surface area contributed by atoms with E-state index in [0.29, 0.717) is 11.7 Å². The zero-order chi connectivity index (χ0) is 14.5. The van der Waals surface area contributed by atoms with Crippen LogP contribution in [0.15, 0.2) is 55.0 Å². The molecule has 0 atom stereocenters. The van der Waals surface area contributed by atoms with Crippen LogP contribution in [0.5, 0.6) is 0 Å². The van der Waals surface area contributed by atoms with E-state index < -0.39 is 0 Å². The van der Waals surface area contributed by atoms with Gasteiger partial charge in [-0.05, 0) is 17.2 Å². The van der Waals surface area contributed by atoms with Gasteiger partial charge in [-0.25, -0.2) is 0 Å². The zero-order valence-electron chi connectivity index (χ0n) is 11.3. The highest BCUT2D eigenvalue weighted by atomic mass is 35.5. The number of halogens is 1. The highest BCUT2D eigenvalue weighted by Crippen LogP contribution is 2.12. The molecule has 2 aromatic heterocycles. The molecule has 0 saturated heterocycles. The van der Waals surface area contributed by atoms with E-state index in [1.807, 2.05) is 16.9 Å². The first-order chi connectivity index (χ1) is 10.3. The van der Waals surface area contributed by atoms with Gasteiger partial charge < -0.3 is 5.32 Å². The molecule has 0 saturated carbocycles. The summed E-state index contributed by atoms with van der Waals surface area (Å²) in [5, 5.41) is 15.4. The van der Waals surface area contributed by atoms with Crippen LogP contribution < -0.4 is 5.32 Å². The number of benzene rings is 1. The summed E-state index contributed by atoms with van der Waals surface area (Å²) in [6.45, 7) is 1.49. The molecule has 0 aliphatic carbocycles. The molecular formula is C15H14ClN5. The maximum absolute atomic E-state index is 5.79. The Kier molecular flexibility index (Phi) is 4.12. The van der Waals surface area contributed by atoms with Gasteiger partial charge in [-0.2, -0.15) is 10.2 Å². The maximum atomic E-state index is 5.79. The highest BCUT2D eigenvalue weighted by Gasteiger charge is 1.99. The van der Waals surface area contributed by atoms with Crippen molar-refractivity contribution in [2.45, 2.75) is 13.1 Å². The van der Waals surface area contributed by atoms with Crippen molar-refractivity contribution in [2.75, 3.05) is 5.32 Å². The van der Waals surface area contributed by atoms with Crippen LogP contribution in [-0.2, 0) is 13.1 Å². The summed E-state index contributed by atoms with van der Waals surface area (Å²) in [5.41, 5.74) is 3.26.